The summed E-state index contributed by atoms with van der Waals surface area (Å²) in [6.45, 7) is 13.0. The average Bonchev–Trinajstić information content (AvgIpc) is 2.65. The number of alkyl carbamates (subject to hydrolysis) is 1. The number of benzene rings is 1. The monoisotopic (exact) mass is 455 g/mol. The van der Waals surface area contributed by atoms with Gasteiger partial charge in [-0.1, -0.05) is 29.8 Å². The zero-order valence-corrected chi connectivity index (χ0v) is 20.7. The Morgan fingerprint density at radius 1 is 1.06 bits per heavy atom. The van der Waals surface area contributed by atoms with Crippen LogP contribution in [-0.4, -0.2) is 45.4 Å². The highest BCUT2D eigenvalue weighted by atomic mass is 16.6. The molecule has 3 N–H and O–H groups in total. The maximum absolute atomic E-state index is 12.8. The molecule has 0 saturated carbocycles. The van der Waals surface area contributed by atoms with Gasteiger partial charge in [0.2, 0.25) is 0 Å². The number of pyridine rings is 1. The van der Waals surface area contributed by atoms with Gasteiger partial charge < -0.3 is 20.5 Å². The molecule has 0 fully saturated rings. The van der Waals surface area contributed by atoms with Crippen molar-refractivity contribution in [2.24, 2.45) is 0 Å². The lowest BCUT2D eigenvalue weighted by Crippen LogP contribution is -2.48. The van der Waals surface area contributed by atoms with Crippen molar-refractivity contribution in [3.05, 3.63) is 65.0 Å². The van der Waals surface area contributed by atoms with Gasteiger partial charge in [-0.3, -0.25) is 9.78 Å². The molecule has 1 aromatic heterocycles. The Balaban J connectivity index is 2.26. The molecule has 2 unspecified atom stereocenters. The summed E-state index contributed by atoms with van der Waals surface area (Å²) in [5, 5.41) is 16.9. The maximum Gasteiger partial charge on any atom is 0.407 e. The molecular weight excluding hydrogens is 418 g/mol. The van der Waals surface area contributed by atoms with E-state index in [-0.39, 0.29) is 12.3 Å². The molecule has 0 aliphatic rings. The zero-order valence-electron chi connectivity index (χ0n) is 20.7. The standard InChI is InChI=1S/C26H37N3O4/c1-17-10-8-11-18(14-17)15-21(28-24(32)33-26(5,6)7)22(30)16-20-19(12-9-13-27-20)23(31)29-25(2,3)4/h8-14,21-22,30H,15-16H2,1-7H3,(H,28,32)(H,29,31). The van der Waals surface area contributed by atoms with Gasteiger partial charge in [-0.05, 0) is 72.6 Å². The third-order valence-corrected chi connectivity index (χ3v) is 4.73. The van der Waals surface area contributed by atoms with E-state index in [4.69, 9.17) is 4.74 Å². The summed E-state index contributed by atoms with van der Waals surface area (Å²) in [5.74, 6) is -0.256. The molecule has 0 bridgehead atoms. The minimum Gasteiger partial charge on any atom is -0.444 e. The van der Waals surface area contributed by atoms with Crippen LogP contribution in [0, 0.1) is 6.92 Å². The second-order valence-electron chi connectivity index (χ2n) is 10.4. The van der Waals surface area contributed by atoms with Crippen molar-refractivity contribution in [2.75, 3.05) is 0 Å². The van der Waals surface area contributed by atoms with Crippen LogP contribution in [0.25, 0.3) is 0 Å². The van der Waals surface area contributed by atoms with Crippen LogP contribution >= 0.6 is 0 Å². The van der Waals surface area contributed by atoms with Gasteiger partial charge in [-0.2, -0.15) is 0 Å². The first-order chi connectivity index (χ1) is 15.2. The number of hydrogen-bond donors (Lipinski definition) is 3. The van der Waals surface area contributed by atoms with Crippen molar-refractivity contribution in [1.29, 1.82) is 0 Å². The topological polar surface area (TPSA) is 101 Å². The number of nitrogens with one attached hydrogen (secondary N) is 2. The van der Waals surface area contributed by atoms with E-state index in [0.717, 1.165) is 11.1 Å². The van der Waals surface area contributed by atoms with Crippen molar-refractivity contribution >= 4 is 12.0 Å². The third kappa shape index (κ3) is 9.22. The molecule has 0 aliphatic carbocycles. The highest BCUT2D eigenvalue weighted by molar-refractivity contribution is 5.95. The number of carbonyl (C=O) groups excluding carboxylic acids is 2. The van der Waals surface area contributed by atoms with Crippen molar-refractivity contribution in [2.45, 2.75) is 84.6 Å². The summed E-state index contributed by atoms with van der Waals surface area (Å²) in [6.07, 6.45) is 0.491. The maximum atomic E-state index is 12.8. The smallest absolute Gasteiger partial charge is 0.407 e. The number of carbonyl (C=O) groups is 2. The minimum atomic E-state index is -0.992. The van der Waals surface area contributed by atoms with Gasteiger partial charge in [0, 0.05) is 18.2 Å². The van der Waals surface area contributed by atoms with Crippen LogP contribution in [0.1, 0.15) is 68.7 Å². The Bertz CT molecular complexity index is 960. The van der Waals surface area contributed by atoms with Crippen LogP contribution in [0.5, 0.6) is 0 Å². The fourth-order valence-electron chi connectivity index (χ4n) is 3.39. The number of aryl methyl sites for hydroxylation is 1. The third-order valence-electron chi connectivity index (χ3n) is 4.73. The van der Waals surface area contributed by atoms with E-state index >= 15 is 0 Å². The Morgan fingerprint density at radius 2 is 1.76 bits per heavy atom. The van der Waals surface area contributed by atoms with E-state index in [1.165, 1.54) is 0 Å². The van der Waals surface area contributed by atoms with Gasteiger partial charge in [-0.15, -0.1) is 0 Å². The number of aliphatic hydroxyl groups excluding tert-OH is 1. The van der Waals surface area contributed by atoms with Crippen LogP contribution in [0.4, 0.5) is 4.79 Å². The van der Waals surface area contributed by atoms with Gasteiger partial charge >= 0.3 is 6.09 Å². The zero-order chi connectivity index (χ0) is 24.8. The molecule has 7 heteroatoms. The number of amides is 2. The summed E-state index contributed by atoms with van der Waals surface area (Å²) in [4.78, 5) is 29.6. The molecule has 33 heavy (non-hydrogen) atoms. The molecule has 0 saturated heterocycles. The van der Waals surface area contributed by atoms with Crippen molar-refractivity contribution in [3.63, 3.8) is 0 Å². The summed E-state index contributed by atoms with van der Waals surface area (Å²) >= 11 is 0. The summed E-state index contributed by atoms with van der Waals surface area (Å²) in [7, 11) is 0. The Labute approximate surface area is 197 Å². The Morgan fingerprint density at radius 3 is 2.36 bits per heavy atom. The van der Waals surface area contributed by atoms with Gasteiger partial charge in [0.15, 0.2) is 0 Å². The molecule has 1 aromatic carbocycles. The predicted octanol–water partition coefficient (Wildman–Crippen LogP) is 3.96. The van der Waals surface area contributed by atoms with Crippen LogP contribution < -0.4 is 10.6 Å². The van der Waals surface area contributed by atoms with Crippen LogP contribution in [-0.2, 0) is 17.6 Å². The highest BCUT2D eigenvalue weighted by Gasteiger charge is 2.27. The number of rotatable bonds is 7. The Kier molecular flexibility index (Phi) is 8.61. The molecule has 2 aromatic rings. The van der Waals surface area contributed by atoms with E-state index in [9.17, 15) is 14.7 Å². The number of ether oxygens (including phenoxy) is 1. The number of hydrogen-bond acceptors (Lipinski definition) is 5. The molecule has 0 aliphatic heterocycles. The number of aliphatic hydroxyl groups is 1. The lowest BCUT2D eigenvalue weighted by molar-refractivity contribution is 0.0420. The lowest BCUT2D eigenvalue weighted by Gasteiger charge is -2.27. The second kappa shape index (κ2) is 10.8. The molecule has 180 valence electrons. The largest absolute Gasteiger partial charge is 0.444 e. The molecule has 2 rings (SSSR count). The van der Waals surface area contributed by atoms with Crippen molar-refractivity contribution in [1.82, 2.24) is 15.6 Å². The van der Waals surface area contributed by atoms with Crippen molar-refractivity contribution < 1.29 is 19.4 Å². The van der Waals surface area contributed by atoms with E-state index in [2.05, 4.69) is 15.6 Å². The fourth-order valence-corrected chi connectivity index (χ4v) is 3.39. The summed E-state index contributed by atoms with van der Waals surface area (Å²) < 4.78 is 5.41. The number of aromatic nitrogens is 1. The van der Waals surface area contributed by atoms with Crippen molar-refractivity contribution in [3.8, 4) is 0 Å². The molecule has 2 atom stereocenters. The van der Waals surface area contributed by atoms with E-state index in [1.807, 2.05) is 52.0 Å². The second-order valence-corrected chi connectivity index (χ2v) is 10.4. The molecular formula is C26H37N3O4. The summed E-state index contributed by atoms with van der Waals surface area (Å²) in [5.41, 5.74) is 1.85. The molecule has 1 heterocycles. The van der Waals surface area contributed by atoms with Crippen LogP contribution in [0.3, 0.4) is 0 Å². The molecule has 7 nitrogen and oxygen atoms in total. The quantitative estimate of drug-likeness (QED) is 0.587. The fraction of sp³-hybridized carbons (Fsp3) is 0.500. The normalized spacial score (nSPS) is 13.7. The average molecular weight is 456 g/mol. The predicted molar refractivity (Wildman–Crippen MR) is 129 cm³/mol. The van der Waals surface area contributed by atoms with Gasteiger partial charge in [0.1, 0.15) is 5.60 Å². The highest BCUT2D eigenvalue weighted by Crippen LogP contribution is 2.16. The first kappa shape index (κ1) is 26.3. The van der Waals surface area contributed by atoms with Gasteiger partial charge in [0.05, 0.1) is 23.4 Å². The van der Waals surface area contributed by atoms with Gasteiger partial charge in [0.25, 0.3) is 5.91 Å². The lowest BCUT2D eigenvalue weighted by atomic mass is 9.95. The van der Waals surface area contributed by atoms with E-state index in [1.54, 1.807) is 39.1 Å². The molecule has 2 amide bonds. The minimum absolute atomic E-state index is 0.0972. The summed E-state index contributed by atoms with van der Waals surface area (Å²) in [6, 6.07) is 10.6. The van der Waals surface area contributed by atoms with Gasteiger partial charge in [-0.25, -0.2) is 4.79 Å². The van der Waals surface area contributed by atoms with Crippen LogP contribution in [0.2, 0.25) is 0 Å². The first-order valence-corrected chi connectivity index (χ1v) is 11.2. The van der Waals surface area contributed by atoms with E-state index in [0.29, 0.717) is 17.7 Å². The number of nitrogens with zero attached hydrogens (tertiary/aromatic N) is 1. The van der Waals surface area contributed by atoms with Crippen LogP contribution in [0.15, 0.2) is 42.6 Å². The van der Waals surface area contributed by atoms with E-state index < -0.39 is 29.4 Å². The SMILES string of the molecule is Cc1cccc(CC(NC(=O)OC(C)(C)C)C(O)Cc2ncccc2C(=O)NC(C)(C)C)c1. The molecule has 0 spiro atoms. The first-order valence-electron chi connectivity index (χ1n) is 11.2. The molecule has 0 radical (unpaired) electrons. The Hall–Kier alpha value is -2.93.